The van der Waals surface area contributed by atoms with Crippen LogP contribution in [0.25, 0.3) is 5.57 Å². The molecule has 0 radical (unpaired) electrons. The average Bonchev–Trinajstić information content (AvgIpc) is 2.78. The summed E-state index contributed by atoms with van der Waals surface area (Å²) in [7, 11) is 0. The van der Waals surface area contributed by atoms with Crippen LogP contribution in [0.1, 0.15) is 43.7 Å². The molecule has 2 rings (SSSR count). The summed E-state index contributed by atoms with van der Waals surface area (Å²) in [6.45, 7) is 2.61. The minimum absolute atomic E-state index is 0.108. The topological polar surface area (TPSA) is 122 Å². The number of nitrogens with zero attached hydrogens (tertiary/aromatic N) is 4. The molecule has 7 nitrogen and oxygen atoms in total. The van der Waals surface area contributed by atoms with Crippen LogP contribution in [0.3, 0.4) is 0 Å². The van der Waals surface area contributed by atoms with Crippen LogP contribution in [0.5, 0.6) is 0 Å². The summed E-state index contributed by atoms with van der Waals surface area (Å²) in [6.07, 6.45) is 7.55. The number of carboxylic acid groups (broad SMARTS) is 1. The molecule has 1 aromatic carbocycles. The molecule has 31 heavy (non-hydrogen) atoms. The number of hydrogen-bond acceptors (Lipinski definition) is 5. The van der Waals surface area contributed by atoms with Crippen LogP contribution in [-0.4, -0.2) is 28.4 Å². The average molecular weight is 415 g/mol. The van der Waals surface area contributed by atoms with Crippen molar-refractivity contribution < 1.29 is 9.90 Å². The number of carboxylic acids is 1. The Morgan fingerprint density at radius 3 is 2.68 bits per heavy atom. The highest BCUT2D eigenvalue weighted by molar-refractivity contribution is 5.91. The molecule has 1 heterocycles. The molecule has 158 valence electrons. The molecule has 0 saturated heterocycles. The fourth-order valence-corrected chi connectivity index (χ4v) is 2.92. The molecular formula is C24H25N5O2. The first-order valence-electron chi connectivity index (χ1n) is 10.1. The lowest BCUT2D eigenvalue weighted by Gasteiger charge is -2.12. The van der Waals surface area contributed by atoms with E-state index in [2.05, 4.69) is 15.3 Å². The van der Waals surface area contributed by atoms with E-state index in [0.717, 1.165) is 23.1 Å². The summed E-state index contributed by atoms with van der Waals surface area (Å²) < 4.78 is 0. The van der Waals surface area contributed by atoms with Crippen molar-refractivity contribution >= 4 is 23.1 Å². The molecule has 7 heteroatoms. The van der Waals surface area contributed by atoms with Crippen molar-refractivity contribution in [2.45, 2.75) is 32.6 Å². The van der Waals surface area contributed by atoms with E-state index in [1.54, 1.807) is 12.4 Å². The number of hydrogen-bond donors (Lipinski definition) is 2. The van der Waals surface area contributed by atoms with Gasteiger partial charge in [-0.3, -0.25) is 9.78 Å². The summed E-state index contributed by atoms with van der Waals surface area (Å²) >= 11 is 0. The number of nitrogens with one attached hydrogen (secondary N) is 1. The van der Waals surface area contributed by atoms with E-state index in [4.69, 9.17) is 5.11 Å². The molecule has 0 atom stereocenters. The SMILES string of the molecule is CCCNC(=Nc1cccc(C(=CCCCC(=O)O)c2cccnc2)c1)C(C#N)C#N. The van der Waals surface area contributed by atoms with Crippen LogP contribution in [0.4, 0.5) is 5.69 Å². The Morgan fingerprint density at radius 2 is 2.03 bits per heavy atom. The number of amidine groups is 1. The van der Waals surface area contributed by atoms with Crippen LogP contribution >= 0.6 is 0 Å². The maximum absolute atomic E-state index is 10.8. The Hall–Kier alpha value is -3.97. The first kappa shape index (κ1) is 23.3. The van der Waals surface area contributed by atoms with E-state index in [1.807, 2.05) is 61.5 Å². The van der Waals surface area contributed by atoms with Gasteiger partial charge < -0.3 is 10.4 Å². The van der Waals surface area contributed by atoms with Gasteiger partial charge in [-0.25, -0.2) is 4.99 Å². The maximum atomic E-state index is 10.8. The summed E-state index contributed by atoms with van der Waals surface area (Å²) in [6, 6.07) is 15.2. The van der Waals surface area contributed by atoms with Gasteiger partial charge in [0.15, 0.2) is 5.92 Å². The van der Waals surface area contributed by atoms with Crippen LogP contribution in [0, 0.1) is 28.6 Å². The lowest BCUT2D eigenvalue weighted by Crippen LogP contribution is -2.30. The first-order valence-corrected chi connectivity index (χ1v) is 10.1. The van der Waals surface area contributed by atoms with Crippen molar-refractivity contribution in [2.75, 3.05) is 6.54 Å². The smallest absolute Gasteiger partial charge is 0.303 e. The number of carbonyl (C=O) groups is 1. The number of aliphatic imine (C=N–C) groups is 1. The van der Waals surface area contributed by atoms with Crippen LogP contribution in [0.2, 0.25) is 0 Å². The summed E-state index contributed by atoms with van der Waals surface area (Å²) in [5, 5.41) is 30.5. The third-order valence-electron chi connectivity index (χ3n) is 4.41. The summed E-state index contributed by atoms with van der Waals surface area (Å²) in [5.41, 5.74) is 3.35. The number of nitriles is 2. The van der Waals surface area contributed by atoms with Gasteiger partial charge in [0.1, 0.15) is 5.84 Å². The van der Waals surface area contributed by atoms with Crippen molar-refractivity contribution in [3.05, 3.63) is 66.0 Å². The lowest BCUT2D eigenvalue weighted by molar-refractivity contribution is -0.137. The summed E-state index contributed by atoms with van der Waals surface area (Å²) in [5.74, 6) is -1.46. The van der Waals surface area contributed by atoms with Gasteiger partial charge in [0.05, 0.1) is 17.8 Å². The number of aromatic nitrogens is 1. The second-order valence-electron chi connectivity index (χ2n) is 6.81. The van der Waals surface area contributed by atoms with Crippen LogP contribution in [-0.2, 0) is 4.79 Å². The summed E-state index contributed by atoms with van der Waals surface area (Å²) in [4.78, 5) is 19.5. The zero-order valence-corrected chi connectivity index (χ0v) is 17.5. The Balaban J connectivity index is 2.41. The van der Waals surface area contributed by atoms with Gasteiger partial charge in [0.2, 0.25) is 0 Å². The third-order valence-corrected chi connectivity index (χ3v) is 4.41. The molecule has 0 unspecified atom stereocenters. The van der Waals surface area contributed by atoms with Gasteiger partial charge in [-0.2, -0.15) is 10.5 Å². The molecule has 1 aromatic heterocycles. The molecule has 2 aromatic rings. The highest BCUT2D eigenvalue weighted by Gasteiger charge is 2.14. The Kier molecular flexibility index (Phi) is 9.45. The van der Waals surface area contributed by atoms with Gasteiger partial charge in [-0.05, 0) is 48.6 Å². The molecule has 0 aliphatic carbocycles. The number of unbranched alkanes of at least 4 members (excludes halogenated alkanes) is 1. The van der Waals surface area contributed by atoms with E-state index < -0.39 is 11.9 Å². The van der Waals surface area contributed by atoms with E-state index in [0.29, 0.717) is 30.9 Å². The minimum Gasteiger partial charge on any atom is -0.481 e. The third kappa shape index (κ3) is 7.41. The van der Waals surface area contributed by atoms with Crippen LogP contribution in [0.15, 0.2) is 59.9 Å². The first-order chi connectivity index (χ1) is 15.1. The number of pyridine rings is 1. The molecular weight excluding hydrogens is 390 g/mol. The number of allylic oxidation sites excluding steroid dienone is 1. The zero-order chi connectivity index (χ0) is 22.5. The predicted octanol–water partition coefficient (Wildman–Crippen LogP) is 4.46. The molecule has 0 aliphatic heterocycles. The largest absolute Gasteiger partial charge is 0.481 e. The highest BCUT2D eigenvalue weighted by Crippen LogP contribution is 2.27. The normalized spacial score (nSPS) is 11.6. The number of benzene rings is 1. The number of rotatable bonds is 10. The Morgan fingerprint density at radius 1 is 1.26 bits per heavy atom. The second kappa shape index (κ2) is 12.6. The quantitative estimate of drug-likeness (QED) is 0.335. The molecule has 0 saturated carbocycles. The Bertz CT molecular complexity index is 1000. The van der Waals surface area contributed by atoms with Gasteiger partial charge in [0.25, 0.3) is 0 Å². The van der Waals surface area contributed by atoms with Crippen molar-refractivity contribution in [2.24, 2.45) is 10.9 Å². The van der Waals surface area contributed by atoms with Crippen molar-refractivity contribution in [3.63, 3.8) is 0 Å². The maximum Gasteiger partial charge on any atom is 0.303 e. The van der Waals surface area contributed by atoms with Crippen molar-refractivity contribution in [1.29, 1.82) is 10.5 Å². The molecule has 2 N–H and O–H groups in total. The fraction of sp³-hybridized carbons (Fsp3) is 0.292. The minimum atomic E-state index is -0.973. The standard InChI is InChI=1S/C24H25N5O2/c1-2-12-28-24(20(15-25)16-26)29-21-9-5-7-18(14-21)22(10-3-4-11-23(30)31)19-8-6-13-27-17-19/h5-10,13-14,17,20H,2-4,11-12H2,1H3,(H,28,29)(H,30,31). The van der Waals surface area contributed by atoms with Gasteiger partial charge in [-0.1, -0.05) is 31.2 Å². The second-order valence-corrected chi connectivity index (χ2v) is 6.81. The molecule has 0 bridgehead atoms. The highest BCUT2D eigenvalue weighted by atomic mass is 16.4. The van der Waals surface area contributed by atoms with Crippen LogP contribution < -0.4 is 5.32 Å². The Labute approximate surface area is 182 Å². The predicted molar refractivity (Wildman–Crippen MR) is 119 cm³/mol. The van der Waals surface area contributed by atoms with E-state index >= 15 is 0 Å². The number of aliphatic carboxylic acids is 1. The molecule has 0 fully saturated rings. The van der Waals surface area contributed by atoms with Crippen molar-refractivity contribution in [1.82, 2.24) is 10.3 Å². The van der Waals surface area contributed by atoms with E-state index in [-0.39, 0.29) is 6.42 Å². The lowest BCUT2D eigenvalue weighted by atomic mass is 9.97. The van der Waals surface area contributed by atoms with E-state index in [1.165, 1.54) is 0 Å². The zero-order valence-electron chi connectivity index (χ0n) is 17.5. The van der Waals surface area contributed by atoms with Crippen molar-refractivity contribution in [3.8, 4) is 12.1 Å². The van der Waals surface area contributed by atoms with E-state index in [9.17, 15) is 15.3 Å². The van der Waals surface area contributed by atoms with Gasteiger partial charge in [-0.15, -0.1) is 0 Å². The monoisotopic (exact) mass is 415 g/mol. The fourth-order valence-electron chi connectivity index (χ4n) is 2.92. The van der Waals surface area contributed by atoms with Gasteiger partial charge in [0, 0.05) is 30.9 Å². The molecule has 0 spiro atoms. The van der Waals surface area contributed by atoms with Gasteiger partial charge >= 0.3 is 5.97 Å². The molecule has 0 aliphatic rings. The molecule has 0 amide bonds.